The molecule has 2 amide bonds. The molecule has 0 aromatic heterocycles. The summed E-state index contributed by atoms with van der Waals surface area (Å²) in [5, 5.41) is 11.9. The summed E-state index contributed by atoms with van der Waals surface area (Å²) in [4.78, 5) is 24.8. The molecule has 1 unspecified atom stereocenters. The van der Waals surface area contributed by atoms with E-state index < -0.39 is 32.0 Å². The summed E-state index contributed by atoms with van der Waals surface area (Å²) in [7, 11) is -3.29. The van der Waals surface area contributed by atoms with E-state index in [2.05, 4.69) is 5.32 Å². The van der Waals surface area contributed by atoms with Crippen LogP contribution in [0.25, 0.3) is 0 Å². The largest absolute Gasteiger partial charge is 0.481 e. The monoisotopic (exact) mass is 320 g/mol. The Morgan fingerprint density at radius 3 is 2.33 bits per heavy atom. The van der Waals surface area contributed by atoms with E-state index in [0.717, 1.165) is 6.26 Å². The lowest BCUT2D eigenvalue weighted by atomic mass is 9.84. The number of sulfone groups is 1. The number of carbonyl (C=O) groups excluding carboxylic acids is 1. The second kappa shape index (κ2) is 5.82. The van der Waals surface area contributed by atoms with Crippen LogP contribution in [0.2, 0.25) is 0 Å². The fourth-order valence-electron chi connectivity index (χ4n) is 2.19. The van der Waals surface area contributed by atoms with Crippen LogP contribution in [0.1, 0.15) is 33.6 Å². The molecule has 1 saturated heterocycles. The molecule has 0 aromatic rings. The molecular formula is C13H24N2O5S. The van der Waals surface area contributed by atoms with Crippen molar-refractivity contribution in [2.45, 2.75) is 38.4 Å². The highest BCUT2D eigenvalue weighted by molar-refractivity contribution is 7.92. The van der Waals surface area contributed by atoms with Gasteiger partial charge in [-0.15, -0.1) is 0 Å². The van der Waals surface area contributed by atoms with E-state index in [-0.39, 0.29) is 13.1 Å². The van der Waals surface area contributed by atoms with Crippen molar-refractivity contribution in [1.82, 2.24) is 10.2 Å². The highest BCUT2D eigenvalue weighted by atomic mass is 32.2. The summed E-state index contributed by atoms with van der Waals surface area (Å²) in [6.45, 7) is 5.39. The van der Waals surface area contributed by atoms with Gasteiger partial charge in [-0.3, -0.25) is 4.79 Å². The lowest BCUT2D eigenvalue weighted by molar-refractivity contribution is -0.148. The van der Waals surface area contributed by atoms with Crippen LogP contribution in [0.5, 0.6) is 0 Å². The van der Waals surface area contributed by atoms with Crippen molar-refractivity contribution in [3.63, 3.8) is 0 Å². The maximum absolute atomic E-state index is 12.1. The number of nitrogens with zero attached hydrogens (tertiary/aromatic N) is 1. The van der Waals surface area contributed by atoms with Crippen molar-refractivity contribution < 1.29 is 23.1 Å². The van der Waals surface area contributed by atoms with Gasteiger partial charge >= 0.3 is 12.0 Å². The van der Waals surface area contributed by atoms with Crippen molar-refractivity contribution in [1.29, 1.82) is 0 Å². The van der Waals surface area contributed by atoms with Gasteiger partial charge in [0.05, 0.1) is 10.2 Å². The van der Waals surface area contributed by atoms with Crippen molar-refractivity contribution in [3.05, 3.63) is 0 Å². The van der Waals surface area contributed by atoms with E-state index in [0.29, 0.717) is 19.4 Å². The minimum Gasteiger partial charge on any atom is -0.481 e. The number of likely N-dealkylation sites (tertiary alicyclic amines) is 1. The Morgan fingerprint density at radius 1 is 1.38 bits per heavy atom. The molecule has 1 aliphatic heterocycles. The van der Waals surface area contributed by atoms with Crippen LogP contribution in [-0.4, -0.2) is 61.1 Å². The van der Waals surface area contributed by atoms with E-state index in [4.69, 9.17) is 0 Å². The number of amides is 2. The summed E-state index contributed by atoms with van der Waals surface area (Å²) in [5.41, 5.74) is -0.885. The Balaban J connectivity index is 2.66. The van der Waals surface area contributed by atoms with Gasteiger partial charge < -0.3 is 15.3 Å². The molecule has 7 nitrogen and oxygen atoms in total. The van der Waals surface area contributed by atoms with Crippen LogP contribution < -0.4 is 5.32 Å². The van der Waals surface area contributed by atoms with E-state index >= 15 is 0 Å². The van der Waals surface area contributed by atoms with Gasteiger partial charge in [0.15, 0.2) is 9.84 Å². The van der Waals surface area contributed by atoms with Gasteiger partial charge in [0.25, 0.3) is 0 Å². The first-order valence-electron chi connectivity index (χ1n) is 6.91. The molecule has 0 aliphatic carbocycles. The molecule has 0 saturated carbocycles. The third-order valence-electron chi connectivity index (χ3n) is 4.44. The van der Waals surface area contributed by atoms with Crippen LogP contribution >= 0.6 is 0 Å². The Kier molecular flexibility index (Phi) is 4.92. The zero-order valence-electron chi connectivity index (χ0n) is 13.0. The van der Waals surface area contributed by atoms with E-state index in [1.54, 1.807) is 20.8 Å². The van der Waals surface area contributed by atoms with Gasteiger partial charge in [0, 0.05) is 25.9 Å². The predicted molar refractivity (Wildman–Crippen MR) is 78.9 cm³/mol. The summed E-state index contributed by atoms with van der Waals surface area (Å²) >= 11 is 0. The number of hydrogen-bond acceptors (Lipinski definition) is 4. The molecular weight excluding hydrogens is 296 g/mol. The molecule has 1 atom stereocenters. The minimum absolute atomic E-state index is 0.00658. The van der Waals surface area contributed by atoms with Crippen LogP contribution in [0.15, 0.2) is 0 Å². The first-order chi connectivity index (χ1) is 9.45. The van der Waals surface area contributed by atoms with E-state index in [1.165, 1.54) is 4.90 Å². The fourth-order valence-corrected chi connectivity index (χ4v) is 2.53. The first kappa shape index (κ1) is 17.7. The standard InChI is InChI=1S/C13H24N2O5S/c1-5-13(10(16)17)6-7-15(9-13)11(18)14-8-12(2,3)21(4,19)20/h5-9H2,1-4H3,(H,14,18)(H,16,17). The minimum atomic E-state index is -3.29. The van der Waals surface area contributed by atoms with Crippen LogP contribution in [0.3, 0.4) is 0 Å². The third kappa shape index (κ3) is 3.66. The highest BCUT2D eigenvalue weighted by Crippen LogP contribution is 2.34. The molecule has 0 bridgehead atoms. The van der Waals surface area contributed by atoms with E-state index in [1.807, 2.05) is 0 Å². The van der Waals surface area contributed by atoms with Gasteiger partial charge in [-0.05, 0) is 26.7 Å². The zero-order valence-corrected chi connectivity index (χ0v) is 13.8. The average Bonchev–Trinajstić information content (AvgIpc) is 2.80. The molecule has 1 rings (SSSR count). The van der Waals surface area contributed by atoms with Gasteiger partial charge in [-0.25, -0.2) is 13.2 Å². The maximum Gasteiger partial charge on any atom is 0.317 e. The number of carbonyl (C=O) groups is 2. The molecule has 1 aliphatic rings. The molecule has 2 N–H and O–H groups in total. The summed E-state index contributed by atoms with van der Waals surface area (Å²) < 4.78 is 22.1. The van der Waals surface area contributed by atoms with Crippen molar-refractivity contribution in [3.8, 4) is 0 Å². The van der Waals surface area contributed by atoms with Crippen LogP contribution in [-0.2, 0) is 14.6 Å². The van der Waals surface area contributed by atoms with Gasteiger partial charge in [-0.1, -0.05) is 6.92 Å². The maximum atomic E-state index is 12.1. The van der Waals surface area contributed by atoms with Crippen molar-refractivity contribution in [2.24, 2.45) is 5.41 Å². The quantitative estimate of drug-likeness (QED) is 0.776. The SMILES string of the molecule is CCC1(C(=O)O)CCN(C(=O)NCC(C)(C)S(C)(=O)=O)C1. The van der Waals surface area contributed by atoms with Crippen LogP contribution in [0.4, 0.5) is 4.79 Å². The summed E-state index contributed by atoms with van der Waals surface area (Å²) in [5.74, 6) is -0.892. The molecule has 21 heavy (non-hydrogen) atoms. The Hall–Kier alpha value is -1.31. The molecule has 8 heteroatoms. The topological polar surface area (TPSA) is 104 Å². The normalized spacial score (nSPS) is 23.1. The van der Waals surface area contributed by atoms with Gasteiger partial charge in [0.2, 0.25) is 0 Å². The fraction of sp³-hybridized carbons (Fsp3) is 0.846. The molecule has 0 radical (unpaired) electrons. The van der Waals surface area contributed by atoms with Crippen molar-refractivity contribution in [2.75, 3.05) is 25.9 Å². The smallest absolute Gasteiger partial charge is 0.317 e. The second-order valence-corrected chi connectivity index (χ2v) is 8.95. The number of carboxylic acid groups (broad SMARTS) is 1. The molecule has 1 heterocycles. The molecule has 0 spiro atoms. The van der Waals surface area contributed by atoms with Gasteiger partial charge in [0.1, 0.15) is 0 Å². The zero-order chi connectivity index (χ0) is 16.5. The van der Waals surface area contributed by atoms with Gasteiger partial charge in [-0.2, -0.15) is 0 Å². The Morgan fingerprint density at radius 2 is 1.95 bits per heavy atom. The average molecular weight is 320 g/mol. The predicted octanol–water partition coefficient (Wildman–Crippen LogP) is 0.706. The number of nitrogens with one attached hydrogen (secondary N) is 1. The number of rotatable bonds is 5. The third-order valence-corrected chi connectivity index (χ3v) is 6.59. The van der Waals surface area contributed by atoms with Crippen molar-refractivity contribution >= 4 is 21.8 Å². The Labute approximate surface area is 125 Å². The highest BCUT2D eigenvalue weighted by Gasteiger charge is 2.45. The van der Waals surface area contributed by atoms with E-state index in [9.17, 15) is 23.1 Å². The molecule has 122 valence electrons. The Bertz CT molecular complexity index is 529. The summed E-state index contributed by atoms with van der Waals surface area (Å²) in [6.07, 6.45) is 2.00. The molecule has 0 aromatic carbocycles. The lowest BCUT2D eigenvalue weighted by Crippen LogP contribution is -2.48. The van der Waals surface area contributed by atoms with Crippen LogP contribution in [0, 0.1) is 5.41 Å². The number of aliphatic carboxylic acids is 1. The first-order valence-corrected chi connectivity index (χ1v) is 8.80. The second-order valence-electron chi connectivity index (χ2n) is 6.30. The number of urea groups is 1. The summed E-state index contributed by atoms with van der Waals surface area (Å²) in [6, 6.07) is -0.414. The molecule has 1 fully saturated rings. The lowest BCUT2D eigenvalue weighted by Gasteiger charge is -2.26. The number of hydrogen-bond donors (Lipinski definition) is 2. The number of carboxylic acids is 1.